The van der Waals surface area contributed by atoms with Gasteiger partial charge in [-0.1, -0.05) is 6.07 Å². The lowest BCUT2D eigenvalue weighted by molar-refractivity contribution is 0.172. The zero-order valence-electron chi connectivity index (χ0n) is 9.71. The van der Waals surface area contributed by atoms with Crippen LogP contribution in [0, 0.1) is 6.92 Å². The summed E-state index contributed by atoms with van der Waals surface area (Å²) in [6.07, 6.45) is 2.18. The van der Waals surface area contributed by atoms with E-state index < -0.39 is 21.2 Å². The number of aromatic nitrogens is 1. The molecule has 1 aromatic rings. The Labute approximate surface area is 96.3 Å². The maximum absolute atomic E-state index is 11.2. The van der Waals surface area contributed by atoms with E-state index in [1.54, 1.807) is 12.3 Å². The number of aliphatic hydroxyl groups is 1. The fourth-order valence-electron chi connectivity index (χ4n) is 1.28. The van der Waals surface area contributed by atoms with Crippen LogP contribution in [0.5, 0.6) is 0 Å². The molecule has 0 saturated carbocycles. The monoisotopic (exact) mass is 243 g/mol. The second-order valence-corrected chi connectivity index (χ2v) is 6.54. The van der Waals surface area contributed by atoms with E-state index in [1.165, 1.54) is 6.92 Å². The highest BCUT2D eigenvalue weighted by Crippen LogP contribution is 2.10. The Morgan fingerprint density at radius 3 is 2.50 bits per heavy atom. The topological polar surface area (TPSA) is 67.3 Å². The van der Waals surface area contributed by atoms with E-state index in [4.69, 9.17) is 0 Å². The average Bonchev–Trinajstić information content (AvgIpc) is 2.19. The van der Waals surface area contributed by atoms with Gasteiger partial charge < -0.3 is 5.11 Å². The van der Waals surface area contributed by atoms with Gasteiger partial charge in [-0.2, -0.15) is 0 Å². The smallest absolute Gasteiger partial charge is 0.152 e. The highest BCUT2D eigenvalue weighted by Gasteiger charge is 2.24. The molecule has 1 N–H and O–H groups in total. The van der Waals surface area contributed by atoms with Crippen molar-refractivity contribution in [3.8, 4) is 0 Å². The largest absolute Gasteiger partial charge is 0.391 e. The first kappa shape index (κ1) is 13.1. The van der Waals surface area contributed by atoms with Crippen molar-refractivity contribution in [3.05, 3.63) is 29.6 Å². The zero-order valence-corrected chi connectivity index (χ0v) is 10.5. The van der Waals surface area contributed by atoms with Crippen LogP contribution >= 0.6 is 0 Å². The Morgan fingerprint density at radius 2 is 2.06 bits per heavy atom. The summed E-state index contributed by atoms with van der Waals surface area (Å²) >= 11 is 0. The van der Waals surface area contributed by atoms with Crippen molar-refractivity contribution in [2.24, 2.45) is 0 Å². The molecule has 1 aromatic heterocycles. The molecule has 1 rings (SSSR count). The molecule has 1 heterocycles. The summed E-state index contributed by atoms with van der Waals surface area (Å²) in [7, 11) is -3.21. The molecule has 0 fully saturated rings. The number of sulfone groups is 1. The van der Waals surface area contributed by atoms with Crippen LogP contribution in [-0.4, -0.2) is 36.1 Å². The van der Waals surface area contributed by atoms with Crippen molar-refractivity contribution in [1.29, 1.82) is 0 Å². The van der Waals surface area contributed by atoms with Crippen LogP contribution in [0.1, 0.15) is 18.2 Å². The Morgan fingerprint density at radius 1 is 1.44 bits per heavy atom. The second kappa shape index (κ2) is 4.93. The van der Waals surface area contributed by atoms with Gasteiger partial charge in [0, 0.05) is 24.6 Å². The zero-order chi connectivity index (χ0) is 12.3. The van der Waals surface area contributed by atoms with Crippen LogP contribution < -0.4 is 0 Å². The van der Waals surface area contributed by atoms with Crippen LogP contribution in [0.15, 0.2) is 18.3 Å². The fraction of sp³-hybridized carbons (Fsp3) is 0.545. The van der Waals surface area contributed by atoms with E-state index in [0.29, 0.717) is 5.69 Å². The molecule has 0 saturated heterocycles. The molecule has 4 nitrogen and oxygen atoms in total. The first-order valence-electron chi connectivity index (χ1n) is 5.09. The third kappa shape index (κ3) is 3.57. The standard InChI is InChI=1S/C11H17NO3S/c1-8-4-5-10(12-7-8)6-11(13)9(2)16(3,14)15/h4-5,7,9,11,13H,6H2,1-3H3. The third-order valence-electron chi connectivity index (χ3n) is 2.61. The first-order chi connectivity index (χ1) is 7.30. The minimum Gasteiger partial charge on any atom is -0.391 e. The van der Waals surface area contributed by atoms with Gasteiger partial charge in [0.2, 0.25) is 0 Å². The number of pyridine rings is 1. The number of hydrogen-bond donors (Lipinski definition) is 1. The lowest BCUT2D eigenvalue weighted by Crippen LogP contribution is -2.32. The number of aryl methyl sites for hydroxylation is 1. The molecule has 90 valence electrons. The summed E-state index contributed by atoms with van der Waals surface area (Å²) < 4.78 is 22.5. The summed E-state index contributed by atoms with van der Waals surface area (Å²) in [5.41, 5.74) is 1.74. The number of nitrogens with zero attached hydrogens (tertiary/aromatic N) is 1. The van der Waals surface area contributed by atoms with E-state index in [2.05, 4.69) is 4.98 Å². The van der Waals surface area contributed by atoms with Gasteiger partial charge >= 0.3 is 0 Å². The highest BCUT2D eigenvalue weighted by atomic mass is 32.2. The Kier molecular flexibility index (Phi) is 4.04. The lowest BCUT2D eigenvalue weighted by Gasteiger charge is -2.16. The number of hydrogen-bond acceptors (Lipinski definition) is 4. The summed E-state index contributed by atoms with van der Waals surface area (Å²) in [6, 6.07) is 3.69. The molecule has 2 unspecified atom stereocenters. The molecule has 0 amide bonds. The van der Waals surface area contributed by atoms with Crippen molar-refractivity contribution in [1.82, 2.24) is 4.98 Å². The predicted octanol–water partition coefficient (Wildman–Crippen LogP) is 0.727. The molecule has 0 aliphatic rings. The Bertz CT molecular complexity index is 439. The average molecular weight is 243 g/mol. The summed E-state index contributed by atoms with van der Waals surface area (Å²) in [4.78, 5) is 4.13. The second-order valence-electron chi connectivity index (χ2n) is 4.13. The summed E-state index contributed by atoms with van der Waals surface area (Å²) in [5.74, 6) is 0. The van der Waals surface area contributed by atoms with Crippen molar-refractivity contribution in [2.45, 2.75) is 31.6 Å². The minimum atomic E-state index is -3.21. The summed E-state index contributed by atoms with van der Waals surface area (Å²) in [5, 5.41) is 8.99. The maximum Gasteiger partial charge on any atom is 0.152 e. The van der Waals surface area contributed by atoms with Crippen LogP contribution in [0.2, 0.25) is 0 Å². The number of rotatable bonds is 4. The predicted molar refractivity (Wildman–Crippen MR) is 63.0 cm³/mol. The molecule has 0 radical (unpaired) electrons. The van der Waals surface area contributed by atoms with Crippen molar-refractivity contribution in [2.75, 3.05) is 6.26 Å². The molecular weight excluding hydrogens is 226 g/mol. The van der Waals surface area contributed by atoms with E-state index >= 15 is 0 Å². The number of aliphatic hydroxyl groups excluding tert-OH is 1. The van der Waals surface area contributed by atoms with Gasteiger partial charge in [-0.05, 0) is 25.5 Å². The van der Waals surface area contributed by atoms with Crippen LogP contribution in [0.25, 0.3) is 0 Å². The molecule has 0 bridgehead atoms. The SMILES string of the molecule is Cc1ccc(CC(O)C(C)S(C)(=O)=O)nc1. The molecule has 0 aliphatic heterocycles. The van der Waals surface area contributed by atoms with E-state index in [1.807, 2.05) is 13.0 Å². The van der Waals surface area contributed by atoms with Crippen molar-refractivity contribution in [3.63, 3.8) is 0 Å². The molecule has 2 atom stereocenters. The van der Waals surface area contributed by atoms with Gasteiger partial charge in [-0.15, -0.1) is 0 Å². The van der Waals surface area contributed by atoms with Gasteiger partial charge in [-0.25, -0.2) is 8.42 Å². The van der Waals surface area contributed by atoms with Crippen molar-refractivity contribution >= 4 is 9.84 Å². The first-order valence-corrected chi connectivity index (χ1v) is 7.04. The van der Waals surface area contributed by atoms with Gasteiger partial charge in [-0.3, -0.25) is 4.98 Å². The van der Waals surface area contributed by atoms with Gasteiger partial charge in [0.05, 0.1) is 11.4 Å². The molecule has 0 aliphatic carbocycles. The molecule has 16 heavy (non-hydrogen) atoms. The maximum atomic E-state index is 11.2. The quantitative estimate of drug-likeness (QED) is 0.846. The third-order valence-corrected chi connectivity index (χ3v) is 4.27. The minimum absolute atomic E-state index is 0.258. The van der Waals surface area contributed by atoms with E-state index in [0.717, 1.165) is 11.8 Å². The Balaban J connectivity index is 2.71. The molecule has 0 aromatic carbocycles. The Hall–Kier alpha value is -0.940. The highest BCUT2D eigenvalue weighted by molar-refractivity contribution is 7.91. The lowest BCUT2D eigenvalue weighted by atomic mass is 10.1. The van der Waals surface area contributed by atoms with Gasteiger partial charge in [0.25, 0.3) is 0 Å². The fourth-order valence-corrected chi connectivity index (χ4v) is 1.95. The van der Waals surface area contributed by atoms with E-state index in [-0.39, 0.29) is 6.42 Å². The molecule has 5 heteroatoms. The van der Waals surface area contributed by atoms with Crippen LogP contribution in [0.3, 0.4) is 0 Å². The van der Waals surface area contributed by atoms with Crippen molar-refractivity contribution < 1.29 is 13.5 Å². The molecular formula is C11H17NO3S. The van der Waals surface area contributed by atoms with Crippen LogP contribution in [0.4, 0.5) is 0 Å². The molecule has 0 spiro atoms. The van der Waals surface area contributed by atoms with Crippen LogP contribution in [-0.2, 0) is 16.3 Å². The normalized spacial score (nSPS) is 15.8. The summed E-state index contributed by atoms with van der Waals surface area (Å²) in [6.45, 7) is 3.43. The van der Waals surface area contributed by atoms with E-state index in [9.17, 15) is 13.5 Å². The van der Waals surface area contributed by atoms with Gasteiger partial charge in [0.15, 0.2) is 9.84 Å². The van der Waals surface area contributed by atoms with Gasteiger partial charge in [0.1, 0.15) is 0 Å².